The van der Waals surface area contributed by atoms with Gasteiger partial charge in [-0.05, 0) is 30.9 Å². The van der Waals surface area contributed by atoms with Crippen molar-refractivity contribution in [3.63, 3.8) is 0 Å². The smallest absolute Gasteiger partial charge is 0.323 e. The van der Waals surface area contributed by atoms with Gasteiger partial charge < -0.3 is 15.7 Å². The largest absolute Gasteiger partial charge is 0.480 e. The van der Waals surface area contributed by atoms with Crippen LogP contribution in [0.4, 0.5) is 5.69 Å². The van der Waals surface area contributed by atoms with E-state index in [0.29, 0.717) is 25.9 Å². The second kappa shape index (κ2) is 4.98. The van der Waals surface area contributed by atoms with Crippen molar-refractivity contribution in [3.8, 4) is 0 Å². The maximum absolute atomic E-state index is 11.1. The van der Waals surface area contributed by atoms with Crippen molar-refractivity contribution < 1.29 is 9.90 Å². The molecule has 0 spiro atoms. The number of para-hydroxylation sites is 1. The minimum atomic E-state index is -1.04. The van der Waals surface area contributed by atoms with Gasteiger partial charge in [-0.25, -0.2) is 0 Å². The van der Waals surface area contributed by atoms with Crippen LogP contribution >= 0.6 is 0 Å². The Labute approximate surface area is 107 Å². The van der Waals surface area contributed by atoms with Crippen LogP contribution in [-0.4, -0.2) is 29.7 Å². The molecule has 1 fully saturated rings. The number of hydrogen-bond donors (Lipinski definition) is 2. The van der Waals surface area contributed by atoms with Crippen LogP contribution in [-0.2, 0) is 11.2 Å². The molecule has 1 aliphatic heterocycles. The third-order valence-corrected chi connectivity index (χ3v) is 3.79. The summed E-state index contributed by atoms with van der Waals surface area (Å²) in [6, 6.07) is 8.28. The summed E-state index contributed by atoms with van der Waals surface area (Å²) in [6.45, 7) is 3.55. The number of hydrogen-bond acceptors (Lipinski definition) is 3. The molecule has 0 unspecified atom stereocenters. The Morgan fingerprint density at radius 2 is 2.00 bits per heavy atom. The van der Waals surface area contributed by atoms with Gasteiger partial charge in [0.1, 0.15) is 5.54 Å². The van der Waals surface area contributed by atoms with Crippen molar-refractivity contribution in [2.24, 2.45) is 5.73 Å². The lowest BCUT2D eigenvalue weighted by Crippen LogP contribution is -2.55. The third kappa shape index (κ3) is 2.34. The summed E-state index contributed by atoms with van der Waals surface area (Å²) in [7, 11) is 0. The van der Waals surface area contributed by atoms with E-state index in [0.717, 1.165) is 6.42 Å². The Bertz CT molecular complexity index is 437. The molecule has 0 saturated carbocycles. The minimum absolute atomic E-state index is 0.500. The predicted octanol–water partition coefficient (Wildman–Crippen LogP) is 1.63. The number of aryl methyl sites for hydroxylation is 1. The van der Waals surface area contributed by atoms with Crippen molar-refractivity contribution in [1.82, 2.24) is 0 Å². The van der Waals surface area contributed by atoms with E-state index in [1.807, 2.05) is 12.1 Å². The number of piperidine rings is 1. The minimum Gasteiger partial charge on any atom is -0.480 e. The van der Waals surface area contributed by atoms with E-state index in [2.05, 4.69) is 24.0 Å². The fraction of sp³-hybridized carbons (Fsp3) is 0.500. The molecule has 3 N–H and O–H groups in total. The summed E-state index contributed by atoms with van der Waals surface area (Å²) in [4.78, 5) is 13.3. The third-order valence-electron chi connectivity index (χ3n) is 3.79. The van der Waals surface area contributed by atoms with Crippen LogP contribution in [0.5, 0.6) is 0 Å². The van der Waals surface area contributed by atoms with Crippen LogP contribution in [0.2, 0.25) is 0 Å². The molecule has 1 aliphatic rings. The first-order valence-corrected chi connectivity index (χ1v) is 6.42. The second-order valence-corrected chi connectivity index (χ2v) is 4.93. The average Bonchev–Trinajstić information content (AvgIpc) is 2.39. The fourth-order valence-electron chi connectivity index (χ4n) is 2.48. The van der Waals surface area contributed by atoms with Gasteiger partial charge in [-0.3, -0.25) is 4.79 Å². The van der Waals surface area contributed by atoms with Gasteiger partial charge in [-0.15, -0.1) is 0 Å². The zero-order valence-electron chi connectivity index (χ0n) is 10.7. The molecule has 1 heterocycles. The number of nitrogens with two attached hydrogens (primary N) is 1. The number of aliphatic carboxylic acids is 1. The molecule has 0 aromatic heterocycles. The summed E-state index contributed by atoms with van der Waals surface area (Å²) in [5.41, 5.74) is 7.36. The SMILES string of the molecule is CCc1ccccc1N1CCC(N)(C(=O)O)CC1. The van der Waals surface area contributed by atoms with Gasteiger partial charge in [0.2, 0.25) is 0 Å². The van der Waals surface area contributed by atoms with E-state index in [1.165, 1.54) is 11.3 Å². The number of benzene rings is 1. The maximum atomic E-state index is 11.1. The van der Waals surface area contributed by atoms with Gasteiger partial charge in [-0.2, -0.15) is 0 Å². The molecule has 0 bridgehead atoms. The molecule has 2 rings (SSSR count). The van der Waals surface area contributed by atoms with Gasteiger partial charge in [0.25, 0.3) is 0 Å². The molecule has 0 radical (unpaired) electrons. The Hall–Kier alpha value is -1.55. The van der Waals surface area contributed by atoms with Crippen LogP contribution in [0.3, 0.4) is 0 Å². The lowest BCUT2D eigenvalue weighted by atomic mass is 9.88. The van der Waals surface area contributed by atoms with Crippen LogP contribution in [0.25, 0.3) is 0 Å². The van der Waals surface area contributed by atoms with E-state index >= 15 is 0 Å². The standard InChI is InChI=1S/C14H20N2O2/c1-2-11-5-3-4-6-12(11)16-9-7-14(15,8-10-16)13(17)18/h3-6H,2,7-10,15H2,1H3,(H,17,18). The van der Waals surface area contributed by atoms with E-state index < -0.39 is 11.5 Å². The Balaban J connectivity index is 2.12. The molecular formula is C14H20N2O2. The molecular weight excluding hydrogens is 228 g/mol. The molecule has 4 nitrogen and oxygen atoms in total. The summed E-state index contributed by atoms with van der Waals surface area (Å²) >= 11 is 0. The van der Waals surface area contributed by atoms with Crippen molar-refractivity contribution in [2.45, 2.75) is 31.7 Å². The predicted molar refractivity (Wildman–Crippen MR) is 71.8 cm³/mol. The summed E-state index contributed by atoms with van der Waals surface area (Å²) in [5, 5.41) is 9.11. The molecule has 18 heavy (non-hydrogen) atoms. The molecule has 0 aliphatic carbocycles. The lowest BCUT2D eigenvalue weighted by molar-refractivity contribution is -0.144. The number of carboxylic acid groups (broad SMARTS) is 1. The quantitative estimate of drug-likeness (QED) is 0.853. The second-order valence-electron chi connectivity index (χ2n) is 4.93. The zero-order valence-corrected chi connectivity index (χ0v) is 10.7. The van der Waals surface area contributed by atoms with Crippen molar-refractivity contribution >= 4 is 11.7 Å². The van der Waals surface area contributed by atoms with Crippen LogP contribution in [0.15, 0.2) is 24.3 Å². The van der Waals surface area contributed by atoms with Crippen molar-refractivity contribution in [1.29, 1.82) is 0 Å². The highest BCUT2D eigenvalue weighted by molar-refractivity contribution is 5.79. The van der Waals surface area contributed by atoms with E-state index in [4.69, 9.17) is 10.8 Å². The molecule has 1 aromatic carbocycles. The van der Waals surface area contributed by atoms with E-state index in [-0.39, 0.29) is 0 Å². The zero-order chi connectivity index (χ0) is 13.2. The van der Waals surface area contributed by atoms with Crippen molar-refractivity contribution in [3.05, 3.63) is 29.8 Å². The molecule has 1 saturated heterocycles. The summed E-state index contributed by atoms with van der Waals surface area (Å²) in [5.74, 6) is -0.883. The van der Waals surface area contributed by atoms with Crippen LogP contribution < -0.4 is 10.6 Å². The number of carboxylic acids is 1. The Kier molecular flexibility index (Phi) is 3.57. The molecule has 4 heteroatoms. The highest BCUT2D eigenvalue weighted by atomic mass is 16.4. The highest BCUT2D eigenvalue weighted by Crippen LogP contribution is 2.27. The topological polar surface area (TPSA) is 66.6 Å². The Morgan fingerprint density at radius 1 is 1.39 bits per heavy atom. The highest BCUT2D eigenvalue weighted by Gasteiger charge is 2.37. The van der Waals surface area contributed by atoms with Gasteiger partial charge >= 0.3 is 5.97 Å². The van der Waals surface area contributed by atoms with Gasteiger partial charge in [0, 0.05) is 18.8 Å². The van der Waals surface area contributed by atoms with Crippen LogP contribution in [0, 0.1) is 0 Å². The number of nitrogens with zero attached hydrogens (tertiary/aromatic N) is 1. The van der Waals surface area contributed by atoms with Crippen LogP contribution in [0.1, 0.15) is 25.3 Å². The van der Waals surface area contributed by atoms with Gasteiger partial charge in [-0.1, -0.05) is 25.1 Å². The number of carbonyl (C=O) groups is 1. The summed E-state index contributed by atoms with van der Waals surface area (Å²) < 4.78 is 0. The number of anilines is 1. The molecule has 1 aromatic rings. The first-order valence-electron chi connectivity index (χ1n) is 6.42. The molecule has 98 valence electrons. The van der Waals surface area contributed by atoms with Crippen molar-refractivity contribution in [2.75, 3.05) is 18.0 Å². The average molecular weight is 248 g/mol. The Morgan fingerprint density at radius 3 is 2.56 bits per heavy atom. The fourth-order valence-corrected chi connectivity index (χ4v) is 2.48. The normalized spacial score (nSPS) is 18.7. The van der Waals surface area contributed by atoms with Gasteiger partial charge in [0.05, 0.1) is 0 Å². The summed E-state index contributed by atoms with van der Waals surface area (Å²) in [6.07, 6.45) is 1.99. The lowest BCUT2D eigenvalue weighted by Gasteiger charge is -2.38. The first kappa shape index (κ1) is 12.9. The molecule has 0 amide bonds. The first-order chi connectivity index (χ1) is 8.57. The monoisotopic (exact) mass is 248 g/mol. The van der Waals surface area contributed by atoms with Gasteiger partial charge in [0.15, 0.2) is 0 Å². The van der Waals surface area contributed by atoms with E-state index in [9.17, 15) is 4.79 Å². The number of rotatable bonds is 3. The maximum Gasteiger partial charge on any atom is 0.323 e. The van der Waals surface area contributed by atoms with E-state index in [1.54, 1.807) is 0 Å². The molecule has 0 atom stereocenters.